The molecule has 0 spiro atoms. The van der Waals surface area contributed by atoms with Crippen LogP contribution in [-0.2, 0) is 4.79 Å². The van der Waals surface area contributed by atoms with E-state index in [0.29, 0.717) is 12.3 Å². The lowest BCUT2D eigenvalue weighted by Crippen LogP contribution is -2.33. The lowest BCUT2D eigenvalue weighted by molar-refractivity contribution is -0.192. The van der Waals surface area contributed by atoms with Crippen molar-refractivity contribution in [3.8, 4) is 6.07 Å². The number of likely N-dealkylation sites (tertiary alicyclic amines) is 1. The quantitative estimate of drug-likeness (QED) is 0.391. The number of aliphatic carboxylic acids is 1. The van der Waals surface area contributed by atoms with Crippen LogP contribution in [0.25, 0.3) is 10.4 Å². The van der Waals surface area contributed by atoms with Crippen LogP contribution in [0, 0.1) is 17.9 Å². The van der Waals surface area contributed by atoms with Crippen molar-refractivity contribution in [2.45, 2.75) is 57.0 Å². The average molecular weight is 543 g/mol. The third-order valence-corrected chi connectivity index (χ3v) is 6.67. The fraction of sp³-hybridized carbons (Fsp3) is 0.444. The number of carboxylic acid groups (broad SMARTS) is 1. The summed E-state index contributed by atoms with van der Waals surface area (Å²) in [4.78, 5) is 34.1. The van der Waals surface area contributed by atoms with Crippen molar-refractivity contribution in [1.29, 1.82) is 5.26 Å². The van der Waals surface area contributed by atoms with Gasteiger partial charge in [0, 0.05) is 24.2 Å². The highest BCUT2D eigenvalue weighted by Crippen LogP contribution is 2.36. The molecule has 1 saturated heterocycles. The van der Waals surface area contributed by atoms with Crippen molar-refractivity contribution in [3.05, 3.63) is 58.8 Å². The molecule has 0 radical (unpaired) electrons. The second-order valence-electron chi connectivity index (χ2n) is 9.29. The summed E-state index contributed by atoms with van der Waals surface area (Å²) in [5, 5.41) is 19.0. The number of hydrogen-bond donors (Lipinski definition) is 3. The molecule has 0 unspecified atom stereocenters. The van der Waals surface area contributed by atoms with Gasteiger partial charge in [-0.05, 0) is 80.8 Å². The SMILES string of the molecule is O=C(O)C(F)(F)F.[C-]#[N+]c1cnc(C(=O)Nc2ccc(C3CCN(CCC#N)CC3)cc2C2=CCCCC2)[nH]1. The fourth-order valence-electron chi connectivity index (χ4n) is 4.64. The lowest BCUT2D eigenvalue weighted by Gasteiger charge is -2.32. The molecule has 206 valence electrons. The smallest absolute Gasteiger partial charge is 0.475 e. The summed E-state index contributed by atoms with van der Waals surface area (Å²) < 4.78 is 31.7. The molecule has 0 atom stereocenters. The van der Waals surface area contributed by atoms with Gasteiger partial charge in [0.25, 0.3) is 5.82 Å². The van der Waals surface area contributed by atoms with Crippen LogP contribution < -0.4 is 5.32 Å². The summed E-state index contributed by atoms with van der Waals surface area (Å²) in [7, 11) is 0. The van der Waals surface area contributed by atoms with E-state index in [1.165, 1.54) is 23.8 Å². The van der Waals surface area contributed by atoms with Gasteiger partial charge in [-0.15, -0.1) is 0 Å². The van der Waals surface area contributed by atoms with E-state index in [9.17, 15) is 18.0 Å². The summed E-state index contributed by atoms with van der Waals surface area (Å²) in [5.74, 6) is -2.20. The molecule has 2 aliphatic rings. The first-order valence-electron chi connectivity index (χ1n) is 12.6. The zero-order chi connectivity index (χ0) is 28.4. The zero-order valence-corrected chi connectivity index (χ0v) is 21.2. The number of carbonyl (C=O) groups excluding carboxylic acids is 1. The van der Waals surface area contributed by atoms with Gasteiger partial charge in [0.05, 0.1) is 12.3 Å². The Morgan fingerprint density at radius 1 is 1.28 bits per heavy atom. The maximum Gasteiger partial charge on any atom is 0.490 e. The maximum atomic E-state index is 12.7. The number of carboxylic acids is 1. The number of nitrogens with one attached hydrogen (secondary N) is 2. The highest BCUT2D eigenvalue weighted by molar-refractivity contribution is 6.03. The molecule has 1 fully saturated rings. The van der Waals surface area contributed by atoms with Gasteiger partial charge in [0.15, 0.2) is 0 Å². The minimum Gasteiger partial charge on any atom is -0.475 e. The highest BCUT2D eigenvalue weighted by atomic mass is 19.4. The number of nitriles is 1. The van der Waals surface area contributed by atoms with E-state index in [0.717, 1.165) is 63.0 Å². The molecule has 1 aromatic heterocycles. The number of allylic oxidation sites excluding steroid dienone is 2. The predicted molar refractivity (Wildman–Crippen MR) is 138 cm³/mol. The summed E-state index contributed by atoms with van der Waals surface area (Å²) in [5.41, 5.74) is 4.50. The number of H-pyrrole nitrogens is 1. The molecule has 12 heteroatoms. The molecule has 1 aromatic carbocycles. The van der Waals surface area contributed by atoms with Gasteiger partial charge >= 0.3 is 18.1 Å². The third kappa shape index (κ3) is 8.42. The van der Waals surface area contributed by atoms with E-state index in [-0.39, 0.29) is 17.5 Å². The molecule has 39 heavy (non-hydrogen) atoms. The third-order valence-electron chi connectivity index (χ3n) is 6.67. The van der Waals surface area contributed by atoms with E-state index in [1.54, 1.807) is 0 Å². The molecular formula is C27H29F3N6O3. The number of amides is 1. The van der Waals surface area contributed by atoms with E-state index in [4.69, 9.17) is 21.7 Å². The minimum atomic E-state index is -5.08. The number of alkyl halides is 3. The van der Waals surface area contributed by atoms with E-state index >= 15 is 0 Å². The van der Waals surface area contributed by atoms with Crippen molar-refractivity contribution in [2.24, 2.45) is 0 Å². The van der Waals surface area contributed by atoms with Crippen LogP contribution in [0.2, 0.25) is 0 Å². The maximum absolute atomic E-state index is 12.7. The van der Waals surface area contributed by atoms with E-state index in [2.05, 4.69) is 49.3 Å². The van der Waals surface area contributed by atoms with Crippen molar-refractivity contribution < 1.29 is 27.9 Å². The number of carbonyl (C=O) groups is 2. The summed E-state index contributed by atoms with van der Waals surface area (Å²) in [6.07, 6.45) is 5.79. The van der Waals surface area contributed by atoms with Crippen molar-refractivity contribution in [2.75, 3.05) is 25.0 Å². The van der Waals surface area contributed by atoms with Gasteiger partial charge in [-0.2, -0.15) is 18.4 Å². The minimum absolute atomic E-state index is 0.147. The number of hydrogen-bond acceptors (Lipinski definition) is 5. The molecule has 0 bridgehead atoms. The number of anilines is 1. The Labute approximate surface area is 224 Å². The van der Waals surface area contributed by atoms with Crippen molar-refractivity contribution in [3.63, 3.8) is 0 Å². The average Bonchev–Trinajstić information content (AvgIpc) is 3.42. The lowest BCUT2D eigenvalue weighted by atomic mass is 9.85. The number of imidazole rings is 1. The Balaban J connectivity index is 0.000000532. The number of benzene rings is 1. The van der Waals surface area contributed by atoms with Gasteiger partial charge in [-0.1, -0.05) is 18.7 Å². The Hall–Kier alpha value is -4.16. The molecule has 2 heterocycles. The Bertz CT molecular complexity index is 1280. The number of aromatic nitrogens is 2. The number of piperidine rings is 1. The predicted octanol–water partition coefficient (Wildman–Crippen LogP) is 5.90. The zero-order valence-electron chi connectivity index (χ0n) is 21.2. The molecule has 0 saturated carbocycles. The Morgan fingerprint density at radius 2 is 2.00 bits per heavy atom. The topological polar surface area (TPSA) is 126 Å². The van der Waals surface area contributed by atoms with Gasteiger partial charge in [0.2, 0.25) is 5.82 Å². The number of nitrogens with zero attached hydrogens (tertiary/aromatic N) is 4. The molecule has 1 aliphatic heterocycles. The van der Waals surface area contributed by atoms with Crippen LogP contribution in [0.4, 0.5) is 24.7 Å². The van der Waals surface area contributed by atoms with Crippen molar-refractivity contribution in [1.82, 2.24) is 14.9 Å². The van der Waals surface area contributed by atoms with Gasteiger partial charge in [-0.3, -0.25) is 9.78 Å². The summed E-state index contributed by atoms with van der Waals surface area (Å²) >= 11 is 0. The molecule has 9 nitrogen and oxygen atoms in total. The van der Waals surface area contributed by atoms with Gasteiger partial charge in [-0.25, -0.2) is 9.78 Å². The number of rotatable bonds is 6. The van der Waals surface area contributed by atoms with Crippen LogP contribution in [0.15, 0.2) is 30.5 Å². The summed E-state index contributed by atoms with van der Waals surface area (Å²) in [6.45, 7) is 9.94. The van der Waals surface area contributed by atoms with Crippen LogP contribution in [0.1, 0.15) is 72.6 Å². The normalized spacial score (nSPS) is 16.2. The van der Waals surface area contributed by atoms with E-state index < -0.39 is 12.1 Å². The van der Waals surface area contributed by atoms with Gasteiger partial charge < -0.3 is 20.2 Å². The molecular weight excluding hydrogens is 513 g/mol. The number of aromatic amines is 1. The van der Waals surface area contributed by atoms with Crippen LogP contribution in [0.5, 0.6) is 0 Å². The first-order valence-corrected chi connectivity index (χ1v) is 12.6. The molecule has 3 N–H and O–H groups in total. The van der Waals surface area contributed by atoms with Crippen LogP contribution in [-0.4, -0.2) is 57.7 Å². The van der Waals surface area contributed by atoms with E-state index in [1.807, 2.05) is 6.07 Å². The summed E-state index contributed by atoms with van der Waals surface area (Å²) in [6, 6.07) is 8.64. The Morgan fingerprint density at radius 3 is 2.56 bits per heavy atom. The fourth-order valence-corrected chi connectivity index (χ4v) is 4.64. The first kappa shape index (κ1) is 29.4. The molecule has 4 rings (SSSR count). The van der Waals surface area contributed by atoms with Gasteiger partial charge in [0.1, 0.15) is 0 Å². The second-order valence-corrected chi connectivity index (χ2v) is 9.29. The molecule has 1 aliphatic carbocycles. The van der Waals surface area contributed by atoms with Crippen LogP contribution >= 0.6 is 0 Å². The molecule has 2 aromatic rings. The Kier molecular flexibility index (Phi) is 10.2. The second kappa shape index (κ2) is 13.6. The van der Waals surface area contributed by atoms with Crippen molar-refractivity contribution >= 4 is 29.0 Å². The highest BCUT2D eigenvalue weighted by Gasteiger charge is 2.38. The monoisotopic (exact) mass is 542 g/mol. The van der Waals surface area contributed by atoms with Crippen LogP contribution in [0.3, 0.4) is 0 Å². The first-order chi connectivity index (χ1) is 18.6. The standard InChI is InChI=1S/C25H28N6O.C2HF3O2/c1-27-23-17-28-24(30-23)25(32)29-22-9-8-20(16-21(22)19-6-3-2-4-7-19)18-10-14-31(15-11-18)13-5-12-26;3-2(4,5)1(6)7/h6,8-9,16-18H,2-5,7,10-11,13-15H2,(H,28,30)(H,29,32);(H,6,7). The number of halogens is 3. The molecule has 1 amide bonds. The largest absolute Gasteiger partial charge is 0.490 e.